The Hall–Kier alpha value is -4.00. The fraction of sp³-hybridized carbons (Fsp3) is 0.0870. The second-order valence-electron chi connectivity index (χ2n) is 6.73. The van der Waals surface area contributed by atoms with Gasteiger partial charge >= 0.3 is 0 Å². The van der Waals surface area contributed by atoms with Crippen LogP contribution in [0.2, 0.25) is 0 Å². The Labute approximate surface area is 172 Å². The minimum atomic E-state index is -0.323. The lowest BCUT2D eigenvalue weighted by atomic mass is 10.1. The first kappa shape index (κ1) is 19.3. The maximum absolute atomic E-state index is 13.2. The van der Waals surface area contributed by atoms with Gasteiger partial charge in [0.05, 0.1) is 23.0 Å². The number of aromatic nitrogens is 2. The van der Waals surface area contributed by atoms with Gasteiger partial charge in [0.1, 0.15) is 5.82 Å². The zero-order chi connectivity index (χ0) is 21.1. The standard InChI is InChI=1S/C23H19FN4O2/c1-25-22(29)16-5-2-4-15(12-16)13-26-23(30)19-6-3-7-21-20(19)14-27-28(21)18-10-8-17(24)9-11-18/h2-12,14H,13H2,1H3,(H,25,29)(H,26,30). The van der Waals surface area contributed by atoms with Gasteiger partial charge in [0.25, 0.3) is 11.8 Å². The average molecular weight is 402 g/mol. The van der Waals surface area contributed by atoms with Crippen molar-refractivity contribution in [2.75, 3.05) is 7.05 Å². The van der Waals surface area contributed by atoms with Crippen LogP contribution in [0.5, 0.6) is 0 Å². The molecule has 0 aliphatic rings. The summed E-state index contributed by atoms with van der Waals surface area (Å²) in [5, 5.41) is 10.5. The average Bonchev–Trinajstić information content (AvgIpc) is 3.22. The predicted molar refractivity (Wildman–Crippen MR) is 112 cm³/mol. The van der Waals surface area contributed by atoms with E-state index in [2.05, 4.69) is 15.7 Å². The van der Waals surface area contributed by atoms with Gasteiger partial charge in [-0.25, -0.2) is 9.07 Å². The second-order valence-corrected chi connectivity index (χ2v) is 6.73. The molecule has 0 aliphatic carbocycles. The van der Waals surface area contributed by atoms with Gasteiger partial charge in [-0.2, -0.15) is 5.10 Å². The molecule has 30 heavy (non-hydrogen) atoms. The highest BCUT2D eigenvalue weighted by Crippen LogP contribution is 2.22. The molecule has 0 aliphatic heterocycles. The van der Waals surface area contributed by atoms with E-state index in [1.807, 2.05) is 12.1 Å². The molecule has 150 valence electrons. The molecule has 3 aromatic carbocycles. The van der Waals surface area contributed by atoms with Crippen LogP contribution < -0.4 is 10.6 Å². The summed E-state index contributed by atoms with van der Waals surface area (Å²) in [6, 6.07) is 18.5. The highest BCUT2D eigenvalue weighted by Gasteiger charge is 2.14. The Morgan fingerprint density at radius 2 is 1.77 bits per heavy atom. The topological polar surface area (TPSA) is 76.0 Å². The molecule has 2 amide bonds. The van der Waals surface area contributed by atoms with Gasteiger partial charge in [0.15, 0.2) is 0 Å². The number of hydrogen-bond acceptors (Lipinski definition) is 3. The molecule has 6 nitrogen and oxygen atoms in total. The van der Waals surface area contributed by atoms with E-state index < -0.39 is 0 Å². The number of nitrogens with one attached hydrogen (secondary N) is 2. The van der Waals surface area contributed by atoms with Gasteiger partial charge in [-0.3, -0.25) is 9.59 Å². The number of nitrogens with zero attached hydrogens (tertiary/aromatic N) is 2. The Kier molecular flexibility index (Phi) is 5.26. The van der Waals surface area contributed by atoms with Gasteiger partial charge in [0.2, 0.25) is 0 Å². The molecule has 0 bridgehead atoms. The maximum Gasteiger partial charge on any atom is 0.252 e. The first-order valence-corrected chi connectivity index (χ1v) is 9.39. The van der Waals surface area contributed by atoms with Crippen LogP contribution in [0.3, 0.4) is 0 Å². The van der Waals surface area contributed by atoms with Crippen LogP contribution in [0.25, 0.3) is 16.6 Å². The summed E-state index contributed by atoms with van der Waals surface area (Å²) in [6.45, 7) is 0.284. The van der Waals surface area contributed by atoms with E-state index in [1.54, 1.807) is 60.4 Å². The van der Waals surface area contributed by atoms with E-state index in [9.17, 15) is 14.0 Å². The molecule has 7 heteroatoms. The van der Waals surface area contributed by atoms with Crippen LogP contribution in [0.1, 0.15) is 26.3 Å². The summed E-state index contributed by atoms with van der Waals surface area (Å²) >= 11 is 0. The van der Waals surface area contributed by atoms with Crippen molar-refractivity contribution in [1.29, 1.82) is 0 Å². The van der Waals surface area contributed by atoms with Crippen molar-refractivity contribution in [2.45, 2.75) is 6.54 Å². The Balaban J connectivity index is 1.57. The van der Waals surface area contributed by atoms with Crippen molar-refractivity contribution in [2.24, 2.45) is 0 Å². The van der Waals surface area contributed by atoms with Crippen LogP contribution >= 0.6 is 0 Å². The molecule has 4 aromatic rings. The van der Waals surface area contributed by atoms with Gasteiger partial charge in [-0.05, 0) is 54.1 Å². The molecule has 0 atom stereocenters. The molecule has 0 saturated heterocycles. The molecule has 0 spiro atoms. The number of rotatable bonds is 5. The third-order valence-corrected chi connectivity index (χ3v) is 4.80. The fourth-order valence-corrected chi connectivity index (χ4v) is 3.28. The molecule has 1 heterocycles. The Morgan fingerprint density at radius 3 is 2.53 bits per heavy atom. The number of halogens is 1. The van der Waals surface area contributed by atoms with E-state index in [0.717, 1.165) is 11.1 Å². The molecule has 0 radical (unpaired) electrons. The summed E-state index contributed by atoms with van der Waals surface area (Å²) in [6.07, 6.45) is 1.62. The van der Waals surface area contributed by atoms with E-state index in [1.165, 1.54) is 12.1 Å². The van der Waals surface area contributed by atoms with E-state index >= 15 is 0 Å². The quantitative estimate of drug-likeness (QED) is 0.537. The number of fused-ring (bicyclic) bond motifs is 1. The Morgan fingerprint density at radius 1 is 1.00 bits per heavy atom. The van der Waals surface area contributed by atoms with Gasteiger partial charge in [-0.1, -0.05) is 18.2 Å². The first-order chi connectivity index (χ1) is 14.6. The van der Waals surface area contributed by atoms with E-state index in [-0.39, 0.29) is 24.2 Å². The summed E-state index contributed by atoms with van der Waals surface area (Å²) in [5.41, 5.74) is 3.29. The molecule has 2 N–H and O–H groups in total. The number of carbonyl (C=O) groups excluding carboxylic acids is 2. The van der Waals surface area contributed by atoms with Crippen molar-refractivity contribution in [3.8, 4) is 5.69 Å². The fourth-order valence-electron chi connectivity index (χ4n) is 3.28. The summed E-state index contributed by atoms with van der Waals surface area (Å²) in [5.74, 6) is -0.749. The highest BCUT2D eigenvalue weighted by molar-refractivity contribution is 6.06. The van der Waals surface area contributed by atoms with Crippen molar-refractivity contribution < 1.29 is 14.0 Å². The van der Waals surface area contributed by atoms with Gasteiger partial charge in [0, 0.05) is 24.5 Å². The number of carbonyl (C=O) groups is 2. The van der Waals surface area contributed by atoms with Gasteiger partial charge < -0.3 is 10.6 Å². The molecule has 0 unspecified atom stereocenters. The van der Waals surface area contributed by atoms with Crippen molar-refractivity contribution >= 4 is 22.7 Å². The van der Waals surface area contributed by atoms with Crippen LogP contribution in [0.4, 0.5) is 4.39 Å². The largest absolute Gasteiger partial charge is 0.355 e. The second kappa shape index (κ2) is 8.16. The lowest BCUT2D eigenvalue weighted by molar-refractivity contribution is 0.0950. The molecular weight excluding hydrogens is 383 g/mol. The van der Waals surface area contributed by atoms with Crippen LogP contribution in [0.15, 0.2) is 72.9 Å². The minimum Gasteiger partial charge on any atom is -0.355 e. The smallest absolute Gasteiger partial charge is 0.252 e. The van der Waals surface area contributed by atoms with Crippen LogP contribution in [0, 0.1) is 5.82 Å². The highest BCUT2D eigenvalue weighted by atomic mass is 19.1. The minimum absolute atomic E-state index is 0.179. The van der Waals surface area contributed by atoms with Crippen molar-refractivity contribution in [3.63, 3.8) is 0 Å². The lowest BCUT2D eigenvalue weighted by Gasteiger charge is -2.08. The monoisotopic (exact) mass is 402 g/mol. The third-order valence-electron chi connectivity index (χ3n) is 4.80. The first-order valence-electron chi connectivity index (χ1n) is 9.39. The summed E-state index contributed by atoms with van der Waals surface area (Å²) < 4.78 is 14.9. The third kappa shape index (κ3) is 3.77. The summed E-state index contributed by atoms with van der Waals surface area (Å²) in [7, 11) is 1.57. The lowest BCUT2D eigenvalue weighted by Crippen LogP contribution is -2.23. The number of amides is 2. The summed E-state index contributed by atoms with van der Waals surface area (Å²) in [4.78, 5) is 24.6. The molecule has 1 aromatic heterocycles. The zero-order valence-electron chi connectivity index (χ0n) is 16.2. The van der Waals surface area contributed by atoms with Crippen molar-refractivity contribution in [3.05, 3.63) is 95.4 Å². The molecular formula is C23H19FN4O2. The molecule has 0 saturated carbocycles. The maximum atomic E-state index is 13.2. The van der Waals surface area contributed by atoms with E-state index in [0.29, 0.717) is 22.2 Å². The van der Waals surface area contributed by atoms with Crippen LogP contribution in [-0.4, -0.2) is 28.6 Å². The number of hydrogen-bond donors (Lipinski definition) is 2. The van der Waals surface area contributed by atoms with E-state index in [4.69, 9.17) is 0 Å². The zero-order valence-corrected chi connectivity index (χ0v) is 16.2. The molecule has 4 rings (SSSR count). The van der Waals surface area contributed by atoms with Crippen molar-refractivity contribution in [1.82, 2.24) is 20.4 Å². The SMILES string of the molecule is CNC(=O)c1cccc(CNC(=O)c2cccc3c2cnn3-c2ccc(F)cc2)c1. The van der Waals surface area contributed by atoms with Gasteiger partial charge in [-0.15, -0.1) is 0 Å². The van der Waals surface area contributed by atoms with Crippen LogP contribution in [-0.2, 0) is 6.54 Å². The normalized spacial score (nSPS) is 10.7. The number of benzene rings is 3. The predicted octanol–water partition coefficient (Wildman–Crippen LogP) is 3.45. The molecule has 0 fully saturated rings. The Bertz CT molecular complexity index is 1230.